The van der Waals surface area contributed by atoms with Crippen LogP contribution in [-0.2, 0) is 11.3 Å². The van der Waals surface area contributed by atoms with Gasteiger partial charge in [0.2, 0.25) is 0 Å². The number of carbonyl (C=O) groups excluding carboxylic acids is 1. The number of nitrogens with zero attached hydrogens (tertiary/aromatic N) is 2. The molecule has 1 aromatic carbocycles. The maximum Gasteiger partial charge on any atom is 0.408 e. The molecule has 0 bridgehead atoms. The third kappa shape index (κ3) is 4.00. The maximum atomic E-state index is 13.6. The fourth-order valence-corrected chi connectivity index (χ4v) is 1.57. The second-order valence-electron chi connectivity index (χ2n) is 5.47. The van der Waals surface area contributed by atoms with Crippen molar-refractivity contribution in [1.82, 2.24) is 15.5 Å². The number of benzene rings is 1. The Morgan fingerprint density at radius 1 is 1.36 bits per heavy atom. The van der Waals surface area contributed by atoms with Crippen LogP contribution in [0.5, 0.6) is 0 Å². The Balaban J connectivity index is 2.03. The molecule has 0 radical (unpaired) electrons. The number of nitrogens with one attached hydrogen (secondary N) is 1. The highest BCUT2D eigenvalue weighted by atomic mass is 19.2. The number of hydrogen-bond donors (Lipinski definition) is 1. The van der Waals surface area contributed by atoms with Gasteiger partial charge < -0.3 is 14.6 Å². The smallest absolute Gasteiger partial charge is 0.408 e. The van der Waals surface area contributed by atoms with E-state index in [1.54, 1.807) is 20.8 Å². The molecule has 0 aliphatic heterocycles. The third-order valence-electron chi connectivity index (χ3n) is 2.44. The first-order valence-corrected chi connectivity index (χ1v) is 6.50. The second-order valence-corrected chi connectivity index (χ2v) is 5.47. The highest BCUT2D eigenvalue weighted by Gasteiger charge is 2.18. The molecule has 0 saturated heterocycles. The van der Waals surface area contributed by atoms with Gasteiger partial charge in [-0.05, 0) is 32.9 Å². The molecule has 0 aliphatic carbocycles. The third-order valence-corrected chi connectivity index (χ3v) is 2.44. The number of amides is 1. The van der Waals surface area contributed by atoms with Gasteiger partial charge in [-0.25, -0.2) is 13.6 Å². The van der Waals surface area contributed by atoms with Gasteiger partial charge in [-0.1, -0.05) is 11.2 Å². The minimum atomic E-state index is -1.07. The number of rotatable bonds is 3. The van der Waals surface area contributed by atoms with E-state index in [2.05, 4.69) is 15.5 Å². The normalized spacial score (nSPS) is 11.3. The summed E-state index contributed by atoms with van der Waals surface area (Å²) in [7, 11) is 0. The van der Waals surface area contributed by atoms with E-state index < -0.39 is 23.3 Å². The second kappa shape index (κ2) is 6.08. The molecular formula is C14H15F2N3O3. The van der Waals surface area contributed by atoms with Crippen LogP contribution in [0.1, 0.15) is 26.6 Å². The Morgan fingerprint density at radius 3 is 2.77 bits per heavy atom. The molecule has 2 rings (SSSR count). The molecule has 6 nitrogen and oxygen atoms in total. The first kappa shape index (κ1) is 15.9. The van der Waals surface area contributed by atoms with Crippen LogP contribution in [-0.4, -0.2) is 21.8 Å². The van der Waals surface area contributed by atoms with Crippen LogP contribution in [0, 0.1) is 11.6 Å². The number of halogens is 2. The SMILES string of the molecule is CC(C)(C)OC(=O)NCc1noc(-c2cccc(F)c2F)n1. The zero-order valence-electron chi connectivity index (χ0n) is 12.3. The molecule has 118 valence electrons. The van der Waals surface area contributed by atoms with E-state index in [0.717, 1.165) is 6.07 Å². The molecule has 1 amide bonds. The summed E-state index contributed by atoms with van der Waals surface area (Å²) in [5.74, 6) is -2.13. The van der Waals surface area contributed by atoms with Gasteiger partial charge in [-0.3, -0.25) is 0 Å². The molecule has 0 atom stereocenters. The number of carbonyl (C=O) groups is 1. The van der Waals surface area contributed by atoms with Crippen LogP contribution in [0.15, 0.2) is 22.7 Å². The number of alkyl carbamates (subject to hydrolysis) is 1. The predicted octanol–water partition coefficient (Wildman–Crippen LogP) is 3.04. The summed E-state index contributed by atoms with van der Waals surface area (Å²) in [6.07, 6.45) is -0.643. The van der Waals surface area contributed by atoms with Crippen LogP contribution in [0.3, 0.4) is 0 Å². The number of hydrogen-bond acceptors (Lipinski definition) is 5. The summed E-state index contributed by atoms with van der Waals surface area (Å²) < 4.78 is 36.6. The van der Waals surface area contributed by atoms with Crippen LogP contribution in [0.4, 0.5) is 13.6 Å². The van der Waals surface area contributed by atoms with E-state index in [1.807, 2.05) is 0 Å². The number of aromatic nitrogens is 2. The number of ether oxygens (including phenoxy) is 1. The molecule has 2 aromatic rings. The summed E-state index contributed by atoms with van der Waals surface area (Å²) in [6.45, 7) is 5.12. The minimum Gasteiger partial charge on any atom is -0.444 e. The minimum absolute atomic E-state index is 0.0602. The van der Waals surface area contributed by atoms with Gasteiger partial charge in [0.05, 0.1) is 12.1 Å². The molecule has 0 unspecified atom stereocenters. The molecule has 0 spiro atoms. The molecule has 22 heavy (non-hydrogen) atoms. The summed E-state index contributed by atoms with van der Waals surface area (Å²) in [5, 5.41) is 6.02. The fraction of sp³-hybridized carbons (Fsp3) is 0.357. The van der Waals surface area contributed by atoms with Crippen molar-refractivity contribution in [3.63, 3.8) is 0 Å². The van der Waals surface area contributed by atoms with Crippen molar-refractivity contribution in [1.29, 1.82) is 0 Å². The van der Waals surface area contributed by atoms with Crippen molar-refractivity contribution in [2.45, 2.75) is 32.9 Å². The average Bonchev–Trinajstić information content (AvgIpc) is 2.86. The average molecular weight is 311 g/mol. The molecular weight excluding hydrogens is 296 g/mol. The molecule has 1 N–H and O–H groups in total. The summed E-state index contributed by atoms with van der Waals surface area (Å²) >= 11 is 0. The van der Waals surface area contributed by atoms with Crippen molar-refractivity contribution in [2.75, 3.05) is 0 Å². The van der Waals surface area contributed by atoms with Crippen LogP contribution >= 0.6 is 0 Å². The Kier molecular flexibility index (Phi) is 4.39. The van der Waals surface area contributed by atoms with Gasteiger partial charge >= 0.3 is 6.09 Å². The molecule has 0 fully saturated rings. The van der Waals surface area contributed by atoms with Gasteiger partial charge in [-0.2, -0.15) is 4.98 Å². The maximum absolute atomic E-state index is 13.6. The quantitative estimate of drug-likeness (QED) is 0.942. The zero-order chi connectivity index (χ0) is 16.3. The van der Waals surface area contributed by atoms with Gasteiger partial charge in [0, 0.05) is 0 Å². The lowest BCUT2D eigenvalue weighted by Crippen LogP contribution is -2.32. The summed E-state index contributed by atoms with van der Waals surface area (Å²) in [5.41, 5.74) is -0.770. The fourth-order valence-electron chi connectivity index (χ4n) is 1.57. The van der Waals surface area contributed by atoms with E-state index >= 15 is 0 Å². The van der Waals surface area contributed by atoms with Crippen molar-refractivity contribution in [3.8, 4) is 11.5 Å². The van der Waals surface area contributed by atoms with Gasteiger partial charge in [0.15, 0.2) is 17.5 Å². The van der Waals surface area contributed by atoms with Crippen LogP contribution in [0.25, 0.3) is 11.5 Å². The molecule has 8 heteroatoms. The summed E-state index contributed by atoms with van der Waals surface area (Å²) in [6, 6.07) is 3.63. The van der Waals surface area contributed by atoms with Gasteiger partial charge in [0.25, 0.3) is 5.89 Å². The van der Waals surface area contributed by atoms with E-state index in [0.29, 0.717) is 0 Å². The van der Waals surface area contributed by atoms with E-state index in [-0.39, 0.29) is 23.8 Å². The van der Waals surface area contributed by atoms with Crippen molar-refractivity contribution in [2.24, 2.45) is 0 Å². The van der Waals surface area contributed by atoms with E-state index in [1.165, 1.54) is 12.1 Å². The first-order valence-electron chi connectivity index (χ1n) is 6.50. The Morgan fingerprint density at radius 2 is 2.09 bits per heavy atom. The Labute approximate surface area is 125 Å². The Hall–Kier alpha value is -2.51. The molecule has 1 heterocycles. The van der Waals surface area contributed by atoms with Crippen molar-refractivity contribution in [3.05, 3.63) is 35.7 Å². The lowest BCUT2D eigenvalue weighted by atomic mass is 10.2. The zero-order valence-corrected chi connectivity index (χ0v) is 12.3. The monoisotopic (exact) mass is 311 g/mol. The van der Waals surface area contributed by atoms with E-state index in [9.17, 15) is 13.6 Å². The van der Waals surface area contributed by atoms with Gasteiger partial charge in [-0.15, -0.1) is 0 Å². The lowest BCUT2D eigenvalue weighted by molar-refractivity contribution is 0.0522. The predicted molar refractivity (Wildman–Crippen MR) is 72.7 cm³/mol. The largest absolute Gasteiger partial charge is 0.444 e. The topological polar surface area (TPSA) is 77.2 Å². The molecule has 0 aliphatic rings. The van der Waals surface area contributed by atoms with Crippen LogP contribution < -0.4 is 5.32 Å². The Bertz CT molecular complexity index is 680. The standard InChI is InChI=1S/C14H15F2N3O3/c1-14(2,3)21-13(20)17-7-10-18-12(22-19-10)8-5-4-6-9(15)11(8)16/h4-6H,7H2,1-3H3,(H,17,20). The highest BCUT2D eigenvalue weighted by molar-refractivity contribution is 5.67. The highest BCUT2D eigenvalue weighted by Crippen LogP contribution is 2.22. The molecule has 0 saturated carbocycles. The lowest BCUT2D eigenvalue weighted by Gasteiger charge is -2.19. The van der Waals surface area contributed by atoms with E-state index in [4.69, 9.17) is 9.26 Å². The van der Waals surface area contributed by atoms with Crippen molar-refractivity contribution >= 4 is 6.09 Å². The van der Waals surface area contributed by atoms with Crippen molar-refractivity contribution < 1.29 is 22.8 Å². The first-order chi connectivity index (χ1) is 10.3. The van der Waals surface area contributed by atoms with Crippen LogP contribution in [0.2, 0.25) is 0 Å². The summed E-state index contributed by atoms with van der Waals surface area (Å²) in [4.78, 5) is 15.4. The molecule has 1 aromatic heterocycles. The van der Waals surface area contributed by atoms with Gasteiger partial charge in [0.1, 0.15) is 5.60 Å².